The fourth-order valence-electron chi connectivity index (χ4n) is 2.20. The van der Waals surface area contributed by atoms with Crippen LogP contribution in [0, 0.1) is 0 Å². The Morgan fingerprint density at radius 3 is 2.79 bits per heavy atom. The normalized spacial score (nSPS) is 14.4. The van der Waals surface area contributed by atoms with E-state index in [-0.39, 0.29) is 0 Å². The van der Waals surface area contributed by atoms with E-state index in [4.69, 9.17) is 16.0 Å². The van der Waals surface area contributed by atoms with Crippen LogP contribution in [-0.2, 0) is 6.54 Å². The average molecular weight is 276 g/mol. The Hall–Kier alpha value is -1.74. The van der Waals surface area contributed by atoms with Crippen LogP contribution in [0.15, 0.2) is 41.0 Å². The van der Waals surface area contributed by atoms with Crippen molar-refractivity contribution >= 4 is 23.6 Å². The van der Waals surface area contributed by atoms with E-state index in [0.29, 0.717) is 23.2 Å². The van der Waals surface area contributed by atoms with E-state index in [2.05, 4.69) is 4.90 Å². The third-order valence-electron chi connectivity index (χ3n) is 3.31. The van der Waals surface area contributed by atoms with Crippen molar-refractivity contribution in [3.05, 3.63) is 52.9 Å². The summed E-state index contributed by atoms with van der Waals surface area (Å²) < 4.78 is 5.41. The summed E-state index contributed by atoms with van der Waals surface area (Å²) in [4.78, 5) is 13.0. The third-order valence-corrected chi connectivity index (χ3v) is 3.61. The van der Waals surface area contributed by atoms with E-state index in [0.717, 1.165) is 17.7 Å². The van der Waals surface area contributed by atoms with Crippen molar-refractivity contribution in [1.82, 2.24) is 0 Å². The second-order valence-electron chi connectivity index (χ2n) is 4.77. The zero-order valence-electron chi connectivity index (χ0n) is 10.4. The van der Waals surface area contributed by atoms with Crippen LogP contribution in [0.1, 0.15) is 29.0 Å². The van der Waals surface area contributed by atoms with E-state index < -0.39 is 0 Å². The number of furan rings is 1. The molecule has 1 fully saturated rings. The van der Waals surface area contributed by atoms with Crippen molar-refractivity contribution in [2.45, 2.75) is 25.4 Å². The number of halogens is 1. The van der Waals surface area contributed by atoms with E-state index in [9.17, 15) is 4.79 Å². The molecule has 1 saturated carbocycles. The Morgan fingerprint density at radius 2 is 2.21 bits per heavy atom. The minimum absolute atomic E-state index is 0.518. The van der Waals surface area contributed by atoms with Gasteiger partial charge in [0.15, 0.2) is 0 Å². The number of rotatable bonds is 5. The smallest absolute Gasteiger partial charge is 0.150 e. The summed E-state index contributed by atoms with van der Waals surface area (Å²) in [7, 11) is 0. The summed E-state index contributed by atoms with van der Waals surface area (Å²) in [6.07, 6.45) is 4.83. The molecule has 0 amide bonds. The van der Waals surface area contributed by atoms with Crippen LogP contribution in [0.2, 0.25) is 5.02 Å². The van der Waals surface area contributed by atoms with Gasteiger partial charge in [0, 0.05) is 11.6 Å². The maximum atomic E-state index is 10.8. The molecule has 0 N–H and O–H groups in total. The molecular weight excluding hydrogens is 262 g/mol. The largest absolute Gasteiger partial charge is 0.467 e. The van der Waals surface area contributed by atoms with Gasteiger partial charge in [0.25, 0.3) is 0 Å². The van der Waals surface area contributed by atoms with Gasteiger partial charge in [0.1, 0.15) is 12.0 Å². The van der Waals surface area contributed by atoms with Gasteiger partial charge in [-0.05, 0) is 43.2 Å². The quantitative estimate of drug-likeness (QED) is 0.776. The molecule has 98 valence electrons. The minimum atomic E-state index is 0.518. The van der Waals surface area contributed by atoms with Crippen LogP contribution in [0.3, 0.4) is 0 Å². The number of carbonyl (C=O) groups is 1. The molecule has 1 aromatic heterocycles. The maximum Gasteiger partial charge on any atom is 0.150 e. The lowest BCUT2D eigenvalue weighted by Gasteiger charge is -2.24. The summed E-state index contributed by atoms with van der Waals surface area (Å²) in [5, 5.41) is 0.614. The molecule has 0 unspecified atom stereocenters. The van der Waals surface area contributed by atoms with Crippen LogP contribution < -0.4 is 4.90 Å². The number of carbonyl (C=O) groups excluding carboxylic acids is 1. The highest BCUT2D eigenvalue weighted by molar-refractivity contribution is 6.33. The lowest BCUT2D eigenvalue weighted by atomic mass is 10.2. The van der Waals surface area contributed by atoms with Crippen LogP contribution in [0.4, 0.5) is 5.69 Å². The second kappa shape index (κ2) is 5.10. The lowest BCUT2D eigenvalue weighted by molar-refractivity contribution is 0.112. The fraction of sp³-hybridized carbons (Fsp3) is 0.267. The molecule has 0 spiro atoms. The van der Waals surface area contributed by atoms with Crippen molar-refractivity contribution in [3.8, 4) is 0 Å². The molecule has 0 atom stereocenters. The van der Waals surface area contributed by atoms with Crippen molar-refractivity contribution in [2.24, 2.45) is 0 Å². The Kier molecular flexibility index (Phi) is 3.30. The van der Waals surface area contributed by atoms with Gasteiger partial charge in [-0.2, -0.15) is 0 Å². The van der Waals surface area contributed by atoms with Gasteiger partial charge in [0.05, 0.1) is 23.5 Å². The first-order valence-corrected chi connectivity index (χ1v) is 6.69. The molecule has 0 saturated heterocycles. The highest BCUT2D eigenvalue weighted by Crippen LogP contribution is 2.37. The first-order chi connectivity index (χ1) is 9.28. The predicted molar refractivity (Wildman–Crippen MR) is 74.8 cm³/mol. The van der Waals surface area contributed by atoms with Gasteiger partial charge in [-0.25, -0.2) is 0 Å². The number of benzene rings is 1. The summed E-state index contributed by atoms with van der Waals surface area (Å²) >= 11 is 6.28. The molecular formula is C15H14ClNO2. The zero-order chi connectivity index (χ0) is 13.2. The minimum Gasteiger partial charge on any atom is -0.467 e. The maximum absolute atomic E-state index is 10.8. The van der Waals surface area contributed by atoms with E-state index in [1.807, 2.05) is 18.2 Å². The number of nitrogens with zero attached hydrogens (tertiary/aromatic N) is 1. The summed E-state index contributed by atoms with van der Waals surface area (Å²) in [6, 6.07) is 9.78. The topological polar surface area (TPSA) is 33.5 Å². The van der Waals surface area contributed by atoms with E-state index in [1.165, 1.54) is 12.8 Å². The standard InChI is InChI=1S/C15H14ClNO2/c16-14-8-11(10-18)3-6-15(14)17(12-4-5-12)9-13-2-1-7-19-13/h1-3,6-8,10,12H,4-5,9H2. The van der Waals surface area contributed by atoms with Gasteiger partial charge in [0.2, 0.25) is 0 Å². The molecule has 1 aliphatic rings. The van der Waals surface area contributed by atoms with E-state index in [1.54, 1.807) is 18.4 Å². The average Bonchev–Trinajstić information content (AvgIpc) is 3.14. The molecule has 1 aliphatic carbocycles. The third kappa shape index (κ3) is 2.66. The van der Waals surface area contributed by atoms with Crippen molar-refractivity contribution < 1.29 is 9.21 Å². The van der Waals surface area contributed by atoms with E-state index >= 15 is 0 Å². The van der Waals surface area contributed by atoms with Gasteiger partial charge < -0.3 is 9.32 Å². The van der Waals surface area contributed by atoms with Crippen molar-refractivity contribution in [3.63, 3.8) is 0 Å². The number of hydrogen-bond donors (Lipinski definition) is 0. The summed E-state index contributed by atoms with van der Waals surface area (Å²) in [5.41, 5.74) is 1.56. The SMILES string of the molecule is O=Cc1ccc(N(Cc2ccco2)C2CC2)c(Cl)c1. The predicted octanol–water partition coefficient (Wildman–Crippen LogP) is 3.91. The zero-order valence-corrected chi connectivity index (χ0v) is 11.1. The Bertz CT molecular complexity index is 576. The van der Waals surface area contributed by atoms with Crippen LogP contribution in [-0.4, -0.2) is 12.3 Å². The number of aldehydes is 1. The molecule has 0 bridgehead atoms. The van der Waals surface area contributed by atoms with Gasteiger partial charge in [-0.1, -0.05) is 11.6 Å². The van der Waals surface area contributed by atoms with Crippen LogP contribution in [0.25, 0.3) is 0 Å². The molecule has 1 aromatic carbocycles. The second-order valence-corrected chi connectivity index (χ2v) is 5.17. The fourth-order valence-corrected chi connectivity index (χ4v) is 2.49. The molecule has 0 radical (unpaired) electrons. The summed E-state index contributed by atoms with van der Waals surface area (Å²) in [5.74, 6) is 0.919. The number of anilines is 1. The molecule has 1 heterocycles. The monoisotopic (exact) mass is 275 g/mol. The first-order valence-electron chi connectivity index (χ1n) is 6.31. The number of hydrogen-bond acceptors (Lipinski definition) is 3. The highest BCUT2D eigenvalue weighted by atomic mass is 35.5. The Morgan fingerprint density at radius 1 is 1.37 bits per heavy atom. The molecule has 19 heavy (non-hydrogen) atoms. The van der Waals surface area contributed by atoms with Crippen molar-refractivity contribution in [1.29, 1.82) is 0 Å². The lowest BCUT2D eigenvalue weighted by Crippen LogP contribution is -2.25. The van der Waals surface area contributed by atoms with Gasteiger partial charge in [-0.15, -0.1) is 0 Å². The molecule has 3 nitrogen and oxygen atoms in total. The van der Waals surface area contributed by atoms with Crippen molar-refractivity contribution in [2.75, 3.05) is 4.90 Å². The molecule has 2 aromatic rings. The van der Waals surface area contributed by atoms with Gasteiger partial charge >= 0.3 is 0 Å². The van der Waals surface area contributed by atoms with Crippen LogP contribution in [0.5, 0.6) is 0 Å². The molecule has 3 rings (SSSR count). The highest BCUT2D eigenvalue weighted by Gasteiger charge is 2.30. The van der Waals surface area contributed by atoms with Crippen LogP contribution >= 0.6 is 11.6 Å². The first kappa shape index (κ1) is 12.3. The Balaban J connectivity index is 1.89. The summed E-state index contributed by atoms with van der Waals surface area (Å²) in [6.45, 7) is 0.706. The molecule has 0 aliphatic heterocycles. The molecule has 4 heteroatoms. The van der Waals surface area contributed by atoms with Gasteiger partial charge in [-0.3, -0.25) is 4.79 Å². The Labute approximate surface area is 116 Å².